The van der Waals surface area contributed by atoms with Crippen LogP contribution in [-0.2, 0) is 0 Å². The number of hydrogen-bond donors (Lipinski definition) is 0. The molecule has 3 aromatic rings. The van der Waals surface area contributed by atoms with Gasteiger partial charge in [-0.2, -0.15) is 8.78 Å². The third-order valence-corrected chi connectivity index (χ3v) is 7.06. The molecule has 1 fully saturated rings. The second-order valence-corrected chi connectivity index (χ2v) is 9.69. The summed E-state index contributed by atoms with van der Waals surface area (Å²) in [5.41, 5.74) is 2.34. The van der Waals surface area contributed by atoms with Gasteiger partial charge in [-0.25, -0.2) is 8.78 Å². The highest BCUT2D eigenvalue weighted by atomic mass is 19.2. The minimum atomic E-state index is -1.07. The standard InChI is InChI=1S/C31H32F4O2/c1-3-4-5-18-36-26-16-17-27(31(35)30(26)34)37-19-21-8-12-23(13-9-21)25-15-14-24(28(32)29(25)33)22-10-6-20(2)7-11-22/h3,6-7,10-11,14-17,21,23H,1,4-5,8-9,12-13,18-19H2,2H3. The Morgan fingerprint density at radius 1 is 0.784 bits per heavy atom. The van der Waals surface area contributed by atoms with E-state index in [1.54, 1.807) is 30.3 Å². The summed E-state index contributed by atoms with van der Waals surface area (Å²) in [7, 11) is 0. The highest BCUT2D eigenvalue weighted by Gasteiger charge is 2.27. The molecule has 0 spiro atoms. The Bertz CT molecular complexity index is 1210. The Balaban J connectivity index is 1.32. The van der Waals surface area contributed by atoms with Crippen LogP contribution < -0.4 is 9.47 Å². The summed E-state index contributed by atoms with van der Waals surface area (Å²) in [6, 6.07) is 13.4. The van der Waals surface area contributed by atoms with Gasteiger partial charge in [-0.15, -0.1) is 6.58 Å². The van der Waals surface area contributed by atoms with Gasteiger partial charge in [0.25, 0.3) is 0 Å². The van der Waals surface area contributed by atoms with Crippen molar-refractivity contribution < 1.29 is 27.0 Å². The molecule has 196 valence electrons. The van der Waals surface area contributed by atoms with E-state index in [-0.39, 0.29) is 42.1 Å². The molecule has 0 saturated heterocycles. The summed E-state index contributed by atoms with van der Waals surface area (Å²) in [5, 5.41) is 0. The smallest absolute Gasteiger partial charge is 0.204 e. The molecule has 0 unspecified atom stereocenters. The molecule has 2 nitrogen and oxygen atoms in total. The molecule has 0 bridgehead atoms. The zero-order valence-electron chi connectivity index (χ0n) is 21.0. The number of ether oxygens (including phenoxy) is 2. The Labute approximate surface area is 215 Å². The first kappa shape index (κ1) is 26.8. The van der Waals surface area contributed by atoms with Crippen LogP contribution in [0.25, 0.3) is 11.1 Å². The number of aryl methyl sites for hydroxylation is 1. The Hall–Kier alpha value is -3.28. The molecule has 0 aromatic heterocycles. The molecule has 3 aromatic carbocycles. The zero-order valence-corrected chi connectivity index (χ0v) is 21.0. The van der Waals surface area contributed by atoms with E-state index >= 15 is 4.39 Å². The van der Waals surface area contributed by atoms with E-state index < -0.39 is 23.3 Å². The lowest BCUT2D eigenvalue weighted by molar-refractivity contribution is 0.190. The summed E-state index contributed by atoms with van der Waals surface area (Å²) in [4.78, 5) is 0. The van der Waals surface area contributed by atoms with Crippen LogP contribution in [-0.4, -0.2) is 13.2 Å². The molecule has 0 aliphatic heterocycles. The maximum absolute atomic E-state index is 15.0. The van der Waals surface area contributed by atoms with Crippen LogP contribution in [0.1, 0.15) is 55.6 Å². The van der Waals surface area contributed by atoms with Crippen LogP contribution in [0.3, 0.4) is 0 Å². The minimum absolute atomic E-state index is 0.0930. The van der Waals surface area contributed by atoms with Gasteiger partial charge in [-0.3, -0.25) is 0 Å². The highest BCUT2D eigenvalue weighted by molar-refractivity contribution is 5.65. The third kappa shape index (κ3) is 6.35. The quantitative estimate of drug-likeness (QED) is 0.153. The molecule has 0 N–H and O–H groups in total. The molecule has 6 heteroatoms. The number of allylic oxidation sites excluding steroid dienone is 1. The summed E-state index contributed by atoms with van der Waals surface area (Å²) >= 11 is 0. The SMILES string of the molecule is C=CCCCOc1ccc(OCC2CCC(c3ccc(-c4ccc(C)cc4)c(F)c3F)CC2)c(F)c1F. The molecular formula is C31H32F4O2. The van der Waals surface area contributed by atoms with E-state index in [1.165, 1.54) is 12.1 Å². The molecule has 0 amide bonds. The van der Waals surface area contributed by atoms with Gasteiger partial charge >= 0.3 is 0 Å². The first-order valence-corrected chi connectivity index (χ1v) is 12.8. The van der Waals surface area contributed by atoms with Crippen LogP contribution in [0.2, 0.25) is 0 Å². The van der Waals surface area contributed by atoms with Crippen molar-refractivity contribution in [3.63, 3.8) is 0 Å². The van der Waals surface area contributed by atoms with E-state index in [9.17, 15) is 13.2 Å². The fraction of sp³-hybridized carbons (Fsp3) is 0.355. The van der Waals surface area contributed by atoms with E-state index in [2.05, 4.69) is 6.58 Å². The third-order valence-electron chi connectivity index (χ3n) is 7.06. The first-order chi connectivity index (χ1) is 17.9. The van der Waals surface area contributed by atoms with Crippen LogP contribution >= 0.6 is 0 Å². The topological polar surface area (TPSA) is 18.5 Å². The molecule has 0 radical (unpaired) electrons. The van der Waals surface area contributed by atoms with E-state index in [4.69, 9.17) is 9.47 Å². The van der Waals surface area contributed by atoms with Crippen molar-refractivity contribution in [3.05, 3.63) is 95.6 Å². The summed E-state index contributed by atoms with van der Waals surface area (Å²) in [6.07, 6.45) is 5.92. The lowest BCUT2D eigenvalue weighted by atomic mass is 9.78. The van der Waals surface area contributed by atoms with Crippen LogP contribution in [0.15, 0.2) is 61.2 Å². The van der Waals surface area contributed by atoms with Crippen LogP contribution in [0, 0.1) is 36.1 Å². The van der Waals surface area contributed by atoms with Crippen molar-refractivity contribution in [1.29, 1.82) is 0 Å². The molecule has 1 aliphatic rings. The lowest BCUT2D eigenvalue weighted by Gasteiger charge is -2.29. The monoisotopic (exact) mass is 512 g/mol. The van der Waals surface area contributed by atoms with Crippen molar-refractivity contribution in [2.75, 3.05) is 13.2 Å². The second kappa shape index (κ2) is 12.3. The van der Waals surface area contributed by atoms with Gasteiger partial charge in [0.15, 0.2) is 23.1 Å². The van der Waals surface area contributed by atoms with E-state index in [0.29, 0.717) is 30.4 Å². The molecule has 1 aliphatic carbocycles. The van der Waals surface area contributed by atoms with Crippen molar-refractivity contribution in [2.45, 2.75) is 51.4 Å². The average Bonchev–Trinajstić information content (AvgIpc) is 2.91. The van der Waals surface area contributed by atoms with Gasteiger partial charge in [-0.1, -0.05) is 48.0 Å². The Kier molecular flexibility index (Phi) is 8.91. The summed E-state index contributed by atoms with van der Waals surface area (Å²) in [6.45, 7) is 6.05. The van der Waals surface area contributed by atoms with E-state index in [0.717, 1.165) is 24.8 Å². The maximum atomic E-state index is 15.0. The average molecular weight is 513 g/mol. The van der Waals surface area contributed by atoms with E-state index in [1.807, 2.05) is 19.1 Å². The second-order valence-electron chi connectivity index (χ2n) is 9.69. The predicted octanol–water partition coefficient (Wildman–Crippen LogP) is 8.92. The number of rotatable bonds is 10. The Morgan fingerprint density at radius 3 is 2.08 bits per heavy atom. The van der Waals surface area contributed by atoms with Gasteiger partial charge in [-0.05, 0) is 80.5 Å². The molecule has 1 saturated carbocycles. The zero-order chi connectivity index (χ0) is 26.4. The molecule has 0 heterocycles. The van der Waals surface area contributed by atoms with Gasteiger partial charge in [0.2, 0.25) is 11.6 Å². The Morgan fingerprint density at radius 2 is 1.43 bits per heavy atom. The molecular weight excluding hydrogens is 480 g/mol. The van der Waals surface area contributed by atoms with Crippen LogP contribution in [0.4, 0.5) is 17.6 Å². The van der Waals surface area contributed by atoms with Gasteiger partial charge < -0.3 is 9.47 Å². The lowest BCUT2D eigenvalue weighted by Crippen LogP contribution is -2.20. The molecule has 37 heavy (non-hydrogen) atoms. The number of benzene rings is 3. The van der Waals surface area contributed by atoms with Crippen molar-refractivity contribution in [1.82, 2.24) is 0 Å². The maximum Gasteiger partial charge on any atom is 0.204 e. The van der Waals surface area contributed by atoms with Crippen LogP contribution in [0.5, 0.6) is 11.5 Å². The number of halogens is 4. The number of hydrogen-bond acceptors (Lipinski definition) is 2. The van der Waals surface area contributed by atoms with Crippen molar-refractivity contribution in [2.24, 2.45) is 5.92 Å². The summed E-state index contributed by atoms with van der Waals surface area (Å²) in [5.74, 6) is -4.01. The first-order valence-electron chi connectivity index (χ1n) is 12.8. The predicted molar refractivity (Wildman–Crippen MR) is 138 cm³/mol. The molecule has 0 atom stereocenters. The normalized spacial score (nSPS) is 17.4. The number of unbranched alkanes of at least 4 members (excludes halogenated alkanes) is 1. The highest BCUT2D eigenvalue weighted by Crippen LogP contribution is 2.39. The van der Waals surface area contributed by atoms with Gasteiger partial charge in [0.1, 0.15) is 0 Å². The summed E-state index contributed by atoms with van der Waals surface area (Å²) < 4.78 is 69.6. The molecule has 4 rings (SSSR count). The van der Waals surface area contributed by atoms with Crippen molar-refractivity contribution in [3.8, 4) is 22.6 Å². The largest absolute Gasteiger partial charge is 0.490 e. The van der Waals surface area contributed by atoms with Gasteiger partial charge in [0, 0.05) is 5.56 Å². The fourth-order valence-corrected chi connectivity index (χ4v) is 4.83. The van der Waals surface area contributed by atoms with Crippen molar-refractivity contribution >= 4 is 0 Å². The minimum Gasteiger partial charge on any atom is -0.490 e. The fourth-order valence-electron chi connectivity index (χ4n) is 4.83. The van der Waals surface area contributed by atoms with Gasteiger partial charge in [0.05, 0.1) is 13.2 Å².